The van der Waals surface area contributed by atoms with Gasteiger partial charge < -0.3 is 14.1 Å². The van der Waals surface area contributed by atoms with Crippen LogP contribution in [0.4, 0.5) is 0 Å². The molecule has 0 atom stereocenters. The summed E-state index contributed by atoms with van der Waals surface area (Å²) in [5.74, 6) is 1.08. The molecule has 4 rings (SSSR count). The topological polar surface area (TPSA) is 42.7 Å². The minimum atomic E-state index is -0.117. The van der Waals surface area contributed by atoms with Crippen LogP contribution in [0.2, 0.25) is 0 Å². The van der Waals surface area contributed by atoms with Gasteiger partial charge in [-0.25, -0.2) is 0 Å². The van der Waals surface area contributed by atoms with Crippen LogP contribution in [-0.2, 0) is 0 Å². The molecule has 0 aliphatic carbocycles. The summed E-state index contributed by atoms with van der Waals surface area (Å²) in [5, 5.41) is 0.930. The number of benzene rings is 3. The minimum Gasteiger partial charge on any atom is -0.494 e. The first-order chi connectivity index (χ1) is 15.7. The summed E-state index contributed by atoms with van der Waals surface area (Å²) in [5.41, 5.74) is 3.08. The van der Waals surface area contributed by atoms with E-state index in [0.29, 0.717) is 23.5 Å². The first-order valence-electron chi connectivity index (χ1n) is 11.3. The van der Waals surface area contributed by atoms with Crippen LogP contribution in [0.15, 0.2) is 83.3 Å². The zero-order valence-electron chi connectivity index (χ0n) is 18.7. The summed E-state index contributed by atoms with van der Waals surface area (Å²) in [4.78, 5) is 15.6. The van der Waals surface area contributed by atoms with Crippen molar-refractivity contribution in [3.05, 3.63) is 90.2 Å². The predicted molar refractivity (Wildman–Crippen MR) is 129 cm³/mol. The van der Waals surface area contributed by atoms with Gasteiger partial charge in [0.2, 0.25) is 5.78 Å². The van der Waals surface area contributed by atoms with Crippen molar-refractivity contribution in [2.75, 3.05) is 26.2 Å². The quantitative estimate of drug-likeness (QED) is 0.216. The van der Waals surface area contributed by atoms with E-state index in [2.05, 4.69) is 18.7 Å². The van der Waals surface area contributed by atoms with Gasteiger partial charge in [-0.05, 0) is 43.3 Å². The lowest BCUT2D eigenvalue weighted by molar-refractivity contribution is 0.101. The molecule has 32 heavy (non-hydrogen) atoms. The second kappa shape index (κ2) is 10.3. The van der Waals surface area contributed by atoms with Gasteiger partial charge in [0.05, 0.1) is 6.61 Å². The molecule has 1 aromatic heterocycles. The van der Waals surface area contributed by atoms with Gasteiger partial charge in [0.15, 0.2) is 5.76 Å². The zero-order valence-corrected chi connectivity index (χ0v) is 18.7. The van der Waals surface area contributed by atoms with Crippen molar-refractivity contribution in [1.29, 1.82) is 0 Å². The Morgan fingerprint density at radius 3 is 2.28 bits per heavy atom. The number of hydrogen-bond acceptors (Lipinski definition) is 4. The summed E-state index contributed by atoms with van der Waals surface area (Å²) in [7, 11) is 0. The number of nitrogens with zero attached hydrogens (tertiary/aromatic N) is 1. The van der Waals surface area contributed by atoms with Crippen molar-refractivity contribution in [3.8, 4) is 16.9 Å². The van der Waals surface area contributed by atoms with Crippen LogP contribution in [0.3, 0.4) is 0 Å². The van der Waals surface area contributed by atoms with Crippen LogP contribution in [0.25, 0.3) is 22.1 Å². The summed E-state index contributed by atoms with van der Waals surface area (Å²) < 4.78 is 12.0. The maximum absolute atomic E-state index is 13.2. The zero-order chi connectivity index (χ0) is 22.3. The Kier molecular flexibility index (Phi) is 7.03. The number of carbonyl (C=O) groups is 1. The second-order valence-corrected chi connectivity index (χ2v) is 7.75. The Hall–Kier alpha value is -3.37. The summed E-state index contributed by atoms with van der Waals surface area (Å²) in [6.45, 7) is 8.21. The van der Waals surface area contributed by atoms with Gasteiger partial charge >= 0.3 is 0 Å². The van der Waals surface area contributed by atoms with Gasteiger partial charge in [0.1, 0.15) is 11.3 Å². The lowest BCUT2D eigenvalue weighted by Gasteiger charge is -2.17. The SMILES string of the molecule is CCN(CC)CCCOc1ccc(-c2c(C(=O)c3ccccc3)oc3ccccc23)cc1. The van der Waals surface area contributed by atoms with E-state index in [1.807, 2.05) is 78.9 Å². The Morgan fingerprint density at radius 1 is 0.875 bits per heavy atom. The standard InChI is InChI=1S/C28H29NO3/c1-3-29(4-2)19-10-20-31-23-17-15-21(16-18-23)26-24-13-8-9-14-25(24)32-28(26)27(30)22-11-6-5-7-12-22/h5-9,11-18H,3-4,10,19-20H2,1-2H3. The number of para-hydroxylation sites is 1. The Morgan fingerprint density at radius 2 is 1.56 bits per heavy atom. The minimum absolute atomic E-state index is 0.117. The van der Waals surface area contributed by atoms with Gasteiger partial charge in [-0.1, -0.05) is 74.5 Å². The maximum Gasteiger partial charge on any atom is 0.228 e. The van der Waals surface area contributed by atoms with Crippen molar-refractivity contribution in [3.63, 3.8) is 0 Å². The number of rotatable bonds is 10. The number of fused-ring (bicyclic) bond motifs is 1. The molecule has 0 fully saturated rings. The molecule has 3 aromatic carbocycles. The van der Waals surface area contributed by atoms with E-state index in [0.717, 1.165) is 48.3 Å². The monoisotopic (exact) mass is 427 g/mol. The fourth-order valence-electron chi connectivity index (χ4n) is 3.95. The molecular weight excluding hydrogens is 398 g/mol. The summed E-state index contributed by atoms with van der Waals surface area (Å²) in [6, 6.07) is 25.0. The van der Waals surface area contributed by atoms with Crippen molar-refractivity contribution < 1.29 is 13.9 Å². The molecule has 0 bridgehead atoms. The average Bonchev–Trinajstić information content (AvgIpc) is 3.24. The maximum atomic E-state index is 13.2. The average molecular weight is 428 g/mol. The molecule has 0 spiro atoms. The van der Waals surface area contributed by atoms with Gasteiger partial charge in [0.25, 0.3) is 0 Å². The highest BCUT2D eigenvalue weighted by molar-refractivity contribution is 6.15. The summed E-state index contributed by atoms with van der Waals surface area (Å²) >= 11 is 0. The van der Waals surface area contributed by atoms with Crippen LogP contribution >= 0.6 is 0 Å². The molecular formula is C28H29NO3. The van der Waals surface area contributed by atoms with E-state index < -0.39 is 0 Å². The molecule has 4 aromatic rings. The third kappa shape index (κ3) is 4.76. The molecule has 0 amide bonds. The molecule has 0 radical (unpaired) electrons. The van der Waals surface area contributed by atoms with E-state index in [1.165, 1.54) is 0 Å². The fourth-order valence-corrected chi connectivity index (χ4v) is 3.95. The van der Waals surface area contributed by atoms with Gasteiger partial charge in [-0.3, -0.25) is 4.79 Å². The fraction of sp³-hybridized carbons (Fsp3) is 0.250. The Labute approximate surface area is 189 Å². The number of ketones is 1. The first-order valence-corrected chi connectivity index (χ1v) is 11.3. The Bertz CT molecular complexity index is 1160. The lowest BCUT2D eigenvalue weighted by atomic mass is 9.98. The molecule has 4 nitrogen and oxygen atoms in total. The molecule has 0 aliphatic heterocycles. The van der Waals surface area contributed by atoms with E-state index in [4.69, 9.17) is 9.15 Å². The van der Waals surface area contributed by atoms with E-state index in [-0.39, 0.29) is 5.78 Å². The van der Waals surface area contributed by atoms with E-state index in [9.17, 15) is 4.79 Å². The van der Waals surface area contributed by atoms with Crippen LogP contribution in [-0.4, -0.2) is 36.9 Å². The van der Waals surface area contributed by atoms with Crippen molar-refractivity contribution in [1.82, 2.24) is 4.90 Å². The van der Waals surface area contributed by atoms with Crippen LogP contribution < -0.4 is 4.74 Å². The third-order valence-electron chi connectivity index (χ3n) is 5.76. The number of hydrogen-bond donors (Lipinski definition) is 0. The second-order valence-electron chi connectivity index (χ2n) is 7.75. The number of carbonyl (C=O) groups excluding carboxylic acids is 1. The van der Waals surface area contributed by atoms with Gasteiger partial charge in [-0.2, -0.15) is 0 Å². The van der Waals surface area contributed by atoms with Crippen LogP contribution in [0.1, 0.15) is 36.4 Å². The predicted octanol–water partition coefficient (Wildman–Crippen LogP) is 6.44. The smallest absolute Gasteiger partial charge is 0.228 e. The van der Waals surface area contributed by atoms with E-state index in [1.54, 1.807) is 0 Å². The molecule has 0 saturated carbocycles. The van der Waals surface area contributed by atoms with Crippen molar-refractivity contribution in [2.45, 2.75) is 20.3 Å². The highest BCUT2D eigenvalue weighted by Crippen LogP contribution is 2.36. The van der Waals surface area contributed by atoms with Crippen LogP contribution in [0.5, 0.6) is 5.75 Å². The third-order valence-corrected chi connectivity index (χ3v) is 5.76. The van der Waals surface area contributed by atoms with Crippen molar-refractivity contribution in [2.24, 2.45) is 0 Å². The highest BCUT2D eigenvalue weighted by atomic mass is 16.5. The van der Waals surface area contributed by atoms with Gasteiger partial charge in [0, 0.05) is 23.1 Å². The first kappa shape index (κ1) is 21.8. The van der Waals surface area contributed by atoms with Crippen molar-refractivity contribution >= 4 is 16.8 Å². The molecule has 4 heteroatoms. The largest absolute Gasteiger partial charge is 0.494 e. The number of ether oxygens (including phenoxy) is 1. The molecule has 1 heterocycles. The summed E-state index contributed by atoms with van der Waals surface area (Å²) in [6.07, 6.45) is 0.992. The molecule has 0 unspecified atom stereocenters. The van der Waals surface area contributed by atoms with E-state index >= 15 is 0 Å². The van der Waals surface area contributed by atoms with Crippen LogP contribution in [0, 0.1) is 0 Å². The molecule has 164 valence electrons. The molecule has 0 aliphatic rings. The van der Waals surface area contributed by atoms with Gasteiger partial charge in [-0.15, -0.1) is 0 Å². The number of furan rings is 1. The highest BCUT2D eigenvalue weighted by Gasteiger charge is 2.22. The lowest BCUT2D eigenvalue weighted by Crippen LogP contribution is -2.25. The molecule has 0 saturated heterocycles. The molecule has 0 N–H and O–H groups in total. The normalized spacial score (nSPS) is 11.2. The Balaban J connectivity index is 1.57.